The van der Waals surface area contributed by atoms with E-state index in [1.54, 1.807) is 19.1 Å². The SMILES string of the molecule is CCC[C@@H](C)C(=O)OCC(=O)Nc1cc(Cl)ccc1Cl. The first kappa shape index (κ1) is 16.8. The van der Waals surface area contributed by atoms with Crippen LogP contribution in [0.15, 0.2) is 18.2 Å². The lowest BCUT2D eigenvalue weighted by molar-refractivity contribution is -0.151. The van der Waals surface area contributed by atoms with Gasteiger partial charge in [0.05, 0.1) is 16.6 Å². The van der Waals surface area contributed by atoms with Gasteiger partial charge in [-0.05, 0) is 24.6 Å². The molecule has 0 unspecified atom stereocenters. The van der Waals surface area contributed by atoms with Crippen molar-refractivity contribution in [2.45, 2.75) is 26.7 Å². The van der Waals surface area contributed by atoms with E-state index in [9.17, 15) is 9.59 Å². The molecule has 1 aromatic carbocycles. The Bertz CT molecular complexity index is 491. The van der Waals surface area contributed by atoms with Gasteiger partial charge in [0.2, 0.25) is 0 Å². The second kappa shape index (κ2) is 8.12. The number of amides is 1. The molecule has 0 bridgehead atoms. The summed E-state index contributed by atoms with van der Waals surface area (Å²) in [4.78, 5) is 23.2. The number of hydrogen-bond donors (Lipinski definition) is 1. The van der Waals surface area contributed by atoms with Gasteiger partial charge >= 0.3 is 5.97 Å². The maximum absolute atomic E-state index is 11.7. The molecule has 0 aliphatic rings. The molecule has 4 nitrogen and oxygen atoms in total. The molecule has 1 atom stereocenters. The average Bonchev–Trinajstić information content (AvgIpc) is 2.40. The number of ether oxygens (including phenoxy) is 1. The van der Waals surface area contributed by atoms with Gasteiger partial charge in [0, 0.05) is 5.02 Å². The molecule has 1 rings (SSSR count). The van der Waals surface area contributed by atoms with Crippen LogP contribution in [-0.2, 0) is 14.3 Å². The number of rotatable bonds is 6. The van der Waals surface area contributed by atoms with Gasteiger partial charge in [-0.2, -0.15) is 0 Å². The summed E-state index contributed by atoms with van der Waals surface area (Å²) in [6, 6.07) is 4.73. The minimum Gasteiger partial charge on any atom is -0.455 e. The standard InChI is InChI=1S/C14H17Cl2NO3/c1-3-4-9(2)14(19)20-8-13(18)17-12-7-10(15)5-6-11(12)16/h5-7,9H,3-4,8H2,1-2H3,(H,17,18)/t9-/m1/s1. The summed E-state index contributed by atoms with van der Waals surface area (Å²) in [5, 5.41) is 3.37. The summed E-state index contributed by atoms with van der Waals surface area (Å²) < 4.78 is 4.93. The van der Waals surface area contributed by atoms with Gasteiger partial charge in [-0.1, -0.05) is 43.5 Å². The number of carbonyl (C=O) groups excluding carboxylic acids is 2. The predicted molar refractivity (Wildman–Crippen MR) is 80.1 cm³/mol. The number of esters is 1. The van der Waals surface area contributed by atoms with E-state index in [4.69, 9.17) is 27.9 Å². The van der Waals surface area contributed by atoms with Crippen molar-refractivity contribution in [3.05, 3.63) is 28.2 Å². The second-order valence-corrected chi connectivity index (χ2v) is 5.31. The third-order valence-corrected chi connectivity index (χ3v) is 3.24. The van der Waals surface area contributed by atoms with Crippen molar-refractivity contribution < 1.29 is 14.3 Å². The van der Waals surface area contributed by atoms with Gasteiger partial charge in [0.1, 0.15) is 0 Å². The first-order valence-corrected chi connectivity index (χ1v) is 7.11. The number of carbonyl (C=O) groups is 2. The third-order valence-electron chi connectivity index (χ3n) is 2.67. The first-order valence-electron chi connectivity index (χ1n) is 6.35. The molecule has 0 aromatic heterocycles. The first-order chi connectivity index (χ1) is 9.43. The fourth-order valence-electron chi connectivity index (χ4n) is 1.61. The fourth-order valence-corrected chi connectivity index (χ4v) is 1.95. The zero-order valence-electron chi connectivity index (χ0n) is 11.4. The Hall–Kier alpha value is -1.26. The van der Waals surface area contributed by atoms with Crippen LogP contribution in [0, 0.1) is 5.92 Å². The van der Waals surface area contributed by atoms with E-state index in [2.05, 4.69) is 5.32 Å². The maximum Gasteiger partial charge on any atom is 0.309 e. The van der Waals surface area contributed by atoms with Crippen LogP contribution in [0.4, 0.5) is 5.69 Å². The molecule has 0 heterocycles. The van der Waals surface area contributed by atoms with Crippen molar-refractivity contribution in [3.63, 3.8) is 0 Å². The Balaban J connectivity index is 2.48. The number of halogens is 2. The lowest BCUT2D eigenvalue weighted by atomic mass is 10.1. The average molecular weight is 318 g/mol. The van der Waals surface area contributed by atoms with Crippen LogP contribution in [0.1, 0.15) is 26.7 Å². The zero-order chi connectivity index (χ0) is 15.1. The highest BCUT2D eigenvalue weighted by atomic mass is 35.5. The number of anilines is 1. The Labute approximate surface area is 128 Å². The van der Waals surface area contributed by atoms with Crippen molar-refractivity contribution >= 4 is 40.8 Å². The molecule has 0 saturated heterocycles. The highest BCUT2D eigenvalue weighted by molar-refractivity contribution is 6.35. The molecule has 0 aliphatic heterocycles. The molecule has 1 N–H and O–H groups in total. The summed E-state index contributed by atoms with van der Waals surface area (Å²) >= 11 is 11.7. The normalized spacial score (nSPS) is 11.8. The lowest BCUT2D eigenvalue weighted by Crippen LogP contribution is -2.23. The van der Waals surface area contributed by atoms with Gasteiger partial charge < -0.3 is 10.1 Å². The van der Waals surface area contributed by atoms with Crippen LogP contribution in [0.2, 0.25) is 10.0 Å². The molecule has 6 heteroatoms. The van der Waals surface area contributed by atoms with E-state index in [0.29, 0.717) is 15.7 Å². The van der Waals surface area contributed by atoms with Gasteiger partial charge in [0.15, 0.2) is 6.61 Å². The molecule has 110 valence electrons. The van der Waals surface area contributed by atoms with Crippen molar-refractivity contribution in [3.8, 4) is 0 Å². The summed E-state index contributed by atoms with van der Waals surface area (Å²) in [7, 11) is 0. The molecule has 0 fully saturated rings. The Morgan fingerprint density at radius 2 is 2.05 bits per heavy atom. The number of nitrogens with one attached hydrogen (secondary N) is 1. The lowest BCUT2D eigenvalue weighted by Gasteiger charge is -2.11. The van der Waals surface area contributed by atoms with Gasteiger partial charge in [-0.15, -0.1) is 0 Å². The van der Waals surface area contributed by atoms with E-state index < -0.39 is 5.91 Å². The van der Waals surface area contributed by atoms with Gasteiger partial charge in [-0.25, -0.2) is 0 Å². The topological polar surface area (TPSA) is 55.4 Å². The van der Waals surface area contributed by atoms with Crippen molar-refractivity contribution in [1.29, 1.82) is 0 Å². The van der Waals surface area contributed by atoms with E-state index in [1.807, 2.05) is 6.92 Å². The summed E-state index contributed by atoms with van der Waals surface area (Å²) in [6.45, 7) is 3.42. The van der Waals surface area contributed by atoms with Crippen molar-refractivity contribution in [2.75, 3.05) is 11.9 Å². The highest BCUT2D eigenvalue weighted by Crippen LogP contribution is 2.25. The van der Waals surface area contributed by atoms with Crippen molar-refractivity contribution in [2.24, 2.45) is 5.92 Å². The molecular formula is C14H17Cl2NO3. The van der Waals surface area contributed by atoms with Crippen molar-refractivity contribution in [1.82, 2.24) is 0 Å². The third kappa shape index (κ3) is 5.39. The fraction of sp³-hybridized carbons (Fsp3) is 0.429. The Morgan fingerprint density at radius 1 is 1.35 bits per heavy atom. The molecule has 1 aromatic rings. The molecule has 0 spiro atoms. The van der Waals surface area contributed by atoms with Crippen LogP contribution in [0.25, 0.3) is 0 Å². The van der Waals surface area contributed by atoms with E-state index >= 15 is 0 Å². The van der Waals surface area contributed by atoms with Gasteiger partial charge in [0.25, 0.3) is 5.91 Å². The van der Waals surface area contributed by atoms with Crippen LogP contribution < -0.4 is 5.32 Å². The molecule has 0 radical (unpaired) electrons. The number of benzene rings is 1. The Morgan fingerprint density at radius 3 is 2.70 bits per heavy atom. The van der Waals surface area contributed by atoms with Crippen LogP contribution in [-0.4, -0.2) is 18.5 Å². The summed E-state index contributed by atoms with van der Waals surface area (Å²) in [5.41, 5.74) is 0.391. The molecule has 1 amide bonds. The monoisotopic (exact) mass is 317 g/mol. The smallest absolute Gasteiger partial charge is 0.309 e. The Kier molecular flexibility index (Phi) is 6.82. The molecule has 20 heavy (non-hydrogen) atoms. The van der Waals surface area contributed by atoms with Crippen LogP contribution in [0.3, 0.4) is 0 Å². The number of hydrogen-bond acceptors (Lipinski definition) is 3. The van der Waals surface area contributed by atoms with E-state index in [0.717, 1.165) is 12.8 Å². The molecule has 0 saturated carbocycles. The van der Waals surface area contributed by atoms with Crippen LogP contribution in [0.5, 0.6) is 0 Å². The second-order valence-electron chi connectivity index (χ2n) is 4.47. The quantitative estimate of drug-likeness (QED) is 0.809. The minimum absolute atomic E-state index is 0.206. The highest BCUT2D eigenvalue weighted by Gasteiger charge is 2.15. The molecular weight excluding hydrogens is 301 g/mol. The van der Waals surface area contributed by atoms with E-state index in [1.165, 1.54) is 6.07 Å². The van der Waals surface area contributed by atoms with Crippen LogP contribution >= 0.6 is 23.2 Å². The van der Waals surface area contributed by atoms with E-state index in [-0.39, 0.29) is 18.5 Å². The minimum atomic E-state index is -0.453. The summed E-state index contributed by atoms with van der Waals surface area (Å²) in [5.74, 6) is -1.03. The largest absolute Gasteiger partial charge is 0.455 e. The maximum atomic E-state index is 11.7. The predicted octanol–water partition coefficient (Wildman–Crippen LogP) is 3.91. The summed E-state index contributed by atoms with van der Waals surface area (Å²) in [6.07, 6.45) is 1.63. The van der Waals surface area contributed by atoms with Gasteiger partial charge in [-0.3, -0.25) is 9.59 Å². The molecule has 0 aliphatic carbocycles. The zero-order valence-corrected chi connectivity index (χ0v) is 12.9.